The van der Waals surface area contributed by atoms with Crippen LogP contribution in [0, 0.1) is 10.1 Å². The van der Waals surface area contributed by atoms with E-state index in [-0.39, 0.29) is 28.7 Å². The van der Waals surface area contributed by atoms with Gasteiger partial charge in [-0.2, -0.15) is 0 Å². The summed E-state index contributed by atoms with van der Waals surface area (Å²) in [6.07, 6.45) is 0. The van der Waals surface area contributed by atoms with Crippen molar-refractivity contribution in [3.63, 3.8) is 0 Å². The maximum atomic E-state index is 10.9. The monoisotopic (exact) mass is 321 g/mol. The van der Waals surface area contributed by atoms with Crippen molar-refractivity contribution in [3.05, 3.63) is 31.7 Å². The number of hydrogen-bond donors (Lipinski definition) is 0. The van der Waals surface area contributed by atoms with Gasteiger partial charge in [0.1, 0.15) is 12.2 Å². The highest BCUT2D eigenvalue weighted by Gasteiger charge is 2.41. The summed E-state index contributed by atoms with van der Waals surface area (Å²) in [5.41, 5.74) is -0.485. The molecule has 17 heavy (non-hydrogen) atoms. The van der Waals surface area contributed by atoms with Crippen LogP contribution in [0.5, 0.6) is 5.75 Å². The molecule has 1 unspecified atom stereocenters. The van der Waals surface area contributed by atoms with E-state index in [1.165, 1.54) is 6.07 Å². The summed E-state index contributed by atoms with van der Waals surface area (Å²) in [4.78, 5) is 10.4. The van der Waals surface area contributed by atoms with Gasteiger partial charge in [-0.25, -0.2) is 0 Å². The Balaban J connectivity index is 2.27. The van der Waals surface area contributed by atoms with Gasteiger partial charge in [0.25, 0.3) is 0 Å². The summed E-state index contributed by atoms with van der Waals surface area (Å²) in [6, 6.07) is 2.82. The predicted octanol–water partition coefficient (Wildman–Crippen LogP) is 3.18. The topological polar surface area (TPSA) is 64.9 Å². The number of nitro benzene ring substituents is 1. The lowest BCUT2D eigenvalue weighted by Gasteiger charge is -2.10. The van der Waals surface area contributed by atoms with Crippen LogP contribution >= 0.6 is 27.5 Å². The Hall–Kier alpha value is -0.850. The van der Waals surface area contributed by atoms with Crippen LogP contribution in [0.15, 0.2) is 16.6 Å². The number of rotatable bonds is 4. The minimum atomic E-state index is -0.526. The molecule has 0 N–H and O–H groups in total. The largest absolute Gasteiger partial charge is 0.483 e. The lowest BCUT2D eigenvalue weighted by Crippen LogP contribution is -2.17. The van der Waals surface area contributed by atoms with Crippen LogP contribution in [-0.2, 0) is 4.74 Å². The molecule has 0 bridgehead atoms. The third-order valence-corrected chi connectivity index (χ3v) is 3.15. The van der Waals surface area contributed by atoms with Crippen molar-refractivity contribution in [1.29, 1.82) is 0 Å². The minimum Gasteiger partial charge on any atom is -0.483 e. The Kier molecular flexibility index (Phi) is 3.29. The van der Waals surface area contributed by atoms with Crippen molar-refractivity contribution >= 4 is 33.2 Å². The Morgan fingerprint density at radius 3 is 2.88 bits per heavy atom. The van der Waals surface area contributed by atoms with Gasteiger partial charge in [0.15, 0.2) is 0 Å². The average molecular weight is 323 g/mol. The fourth-order valence-electron chi connectivity index (χ4n) is 1.26. The summed E-state index contributed by atoms with van der Waals surface area (Å²) in [6.45, 7) is 2.75. The van der Waals surface area contributed by atoms with Crippen molar-refractivity contribution in [2.45, 2.75) is 12.5 Å². The molecular weight excluding hydrogens is 313 g/mol. The predicted molar refractivity (Wildman–Crippen MR) is 65.7 cm³/mol. The fraction of sp³-hybridized carbons (Fsp3) is 0.400. The van der Waals surface area contributed by atoms with Gasteiger partial charge < -0.3 is 9.47 Å². The van der Waals surface area contributed by atoms with E-state index in [0.717, 1.165) is 0 Å². The van der Waals surface area contributed by atoms with Crippen LogP contribution in [0.1, 0.15) is 6.92 Å². The molecular formula is C10H9BrClNO4. The zero-order valence-corrected chi connectivity index (χ0v) is 11.2. The van der Waals surface area contributed by atoms with E-state index >= 15 is 0 Å². The highest BCUT2D eigenvalue weighted by Crippen LogP contribution is 2.39. The molecule has 5 nitrogen and oxygen atoms in total. The molecule has 0 aromatic heterocycles. The number of nitro groups is 1. The van der Waals surface area contributed by atoms with Crippen LogP contribution in [0.2, 0.25) is 5.02 Å². The Labute approximate surface area is 111 Å². The van der Waals surface area contributed by atoms with Crippen LogP contribution in [0.3, 0.4) is 0 Å². The van der Waals surface area contributed by atoms with Gasteiger partial charge in [0.2, 0.25) is 5.75 Å². The van der Waals surface area contributed by atoms with E-state index in [9.17, 15) is 10.1 Å². The van der Waals surface area contributed by atoms with Crippen LogP contribution in [-0.4, -0.2) is 23.7 Å². The first kappa shape index (κ1) is 12.6. The lowest BCUT2D eigenvalue weighted by atomic mass is 10.2. The molecule has 1 saturated heterocycles. The van der Waals surface area contributed by atoms with E-state index in [0.29, 0.717) is 11.1 Å². The van der Waals surface area contributed by atoms with Crippen LogP contribution in [0.25, 0.3) is 0 Å². The molecule has 0 amide bonds. The molecule has 0 aliphatic carbocycles. The fourth-order valence-corrected chi connectivity index (χ4v) is 2.17. The maximum absolute atomic E-state index is 10.9. The number of halogens is 2. The van der Waals surface area contributed by atoms with Gasteiger partial charge in [0, 0.05) is 11.1 Å². The molecule has 1 aliphatic heterocycles. The normalized spacial score (nSPS) is 22.3. The van der Waals surface area contributed by atoms with Gasteiger partial charge >= 0.3 is 5.69 Å². The van der Waals surface area contributed by atoms with E-state index in [2.05, 4.69) is 15.9 Å². The van der Waals surface area contributed by atoms with Gasteiger partial charge in [-0.05, 0) is 28.9 Å². The second kappa shape index (κ2) is 4.44. The first-order chi connectivity index (χ1) is 7.91. The molecule has 2 rings (SSSR count). The third kappa shape index (κ3) is 2.88. The van der Waals surface area contributed by atoms with Gasteiger partial charge in [-0.1, -0.05) is 11.6 Å². The summed E-state index contributed by atoms with van der Waals surface area (Å²) in [7, 11) is 0. The second-order valence-electron chi connectivity index (χ2n) is 4.02. The minimum absolute atomic E-state index is 0.159. The molecule has 1 atom stereocenters. The summed E-state index contributed by atoms with van der Waals surface area (Å²) >= 11 is 8.95. The van der Waals surface area contributed by atoms with Gasteiger partial charge in [-0.3, -0.25) is 10.1 Å². The van der Waals surface area contributed by atoms with Crippen molar-refractivity contribution < 1.29 is 14.4 Å². The summed E-state index contributed by atoms with van der Waals surface area (Å²) in [5, 5.41) is 11.2. The lowest BCUT2D eigenvalue weighted by molar-refractivity contribution is -0.386. The van der Waals surface area contributed by atoms with Crippen molar-refractivity contribution in [1.82, 2.24) is 0 Å². The van der Waals surface area contributed by atoms with Crippen molar-refractivity contribution in [2.75, 3.05) is 13.2 Å². The molecule has 1 heterocycles. The summed E-state index contributed by atoms with van der Waals surface area (Å²) in [5.74, 6) is 0.177. The highest BCUT2D eigenvalue weighted by molar-refractivity contribution is 9.10. The first-order valence-corrected chi connectivity index (χ1v) is 5.99. The Morgan fingerprint density at radius 2 is 2.35 bits per heavy atom. The number of epoxide rings is 1. The standard InChI is InChI=1S/C10H9BrClNO4/c1-10(5-17-10)4-16-9-7(11)2-6(12)3-8(9)13(14)15/h2-3H,4-5H2,1H3. The quantitative estimate of drug-likeness (QED) is 0.485. The molecule has 0 saturated carbocycles. The second-order valence-corrected chi connectivity index (χ2v) is 5.31. The number of benzene rings is 1. The third-order valence-electron chi connectivity index (χ3n) is 2.34. The first-order valence-electron chi connectivity index (χ1n) is 4.81. The van der Waals surface area contributed by atoms with E-state index in [1.54, 1.807) is 6.07 Å². The van der Waals surface area contributed by atoms with Gasteiger partial charge in [0.05, 0.1) is 16.0 Å². The van der Waals surface area contributed by atoms with Crippen molar-refractivity contribution in [2.24, 2.45) is 0 Å². The number of ether oxygens (including phenoxy) is 2. The Bertz CT molecular complexity index is 476. The molecule has 1 aromatic carbocycles. The highest BCUT2D eigenvalue weighted by atomic mass is 79.9. The molecule has 7 heteroatoms. The van der Waals surface area contributed by atoms with E-state index in [4.69, 9.17) is 21.1 Å². The number of hydrogen-bond acceptors (Lipinski definition) is 4. The van der Waals surface area contributed by atoms with Crippen LogP contribution < -0.4 is 4.74 Å². The summed E-state index contributed by atoms with van der Waals surface area (Å²) < 4.78 is 11.0. The smallest absolute Gasteiger partial charge is 0.313 e. The van der Waals surface area contributed by atoms with Gasteiger partial charge in [-0.15, -0.1) is 0 Å². The molecule has 0 radical (unpaired) electrons. The molecule has 92 valence electrons. The van der Waals surface area contributed by atoms with Crippen molar-refractivity contribution in [3.8, 4) is 5.75 Å². The molecule has 1 fully saturated rings. The number of nitrogens with zero attached hydrogens (tertiary/aromatic N) is 1. The SMILES string of the molecule is CC1(COc2c(Br)cc(Cl)cc2[N+](=O)[O-])CO1. The van der Waals surface area contributed by atoms with E-state index in [1.807, 2.05) is 6.92 Å². The Morgan fingerprint density at radius 1 is 1.71 bits per heavy atom. The molecule has 0 spiro atoms. The zero-order valence-electron chi connectivity index (χ0n) is 8.91. The van der Waals surface area contributed by atoms with E-state index < -0.39 is 4.92 Å². The average Bonchev–Trinajstić information content (AvgIpc) is 2.94. The zero-order chi connectivity index (χ0) is 12.6. The molecule has 1 aromatic rings. The van der Waals surface area contributed by atoms with Crippen LogP contribution in [0.4, 0.5) is 5.69 Å². The maximum Gasteiger partial charge on any atom is 0.313 e. The molecule has 1 aliphatic rings.